The number of rotatable bonds is 5. The molecule has 0 aliphatic carbocycles. The van der Waals surface area contributed by atoms with Crippen molar-refractivity contribution in [3.8, 4) is 0 Å². The van der Waals surface area contributed by atoms with Crippen molar-refractivity contribution in [3.63, 3.8) is 0 Å². The Morgan fingerprint density at radius 3 is 2.76 bits per heavy atom. The molecule has 0 radical (unpaired) electrons. The summed E-state index contributed by atoms with van der Waals surface area (Å²) in [5.41, 5.74) is 8.26. The topological polar surface area (TPSA) is 30.9 Å². The summed E-state index contributed by atoms with van der Waals surface area (Å²) in [6, 6.07) is 8.88. The summed E-state index contributed by atoms with van der Waals surface area (Å²) in [5, 5.41) is 1.33. The standard InChI is InChI=1S/C15H22N2/c1-12(2)6-9-17-10-7-14-11-13(5-8-16)3-4-15(14)17/h3-4,7,10-12H,5-6,8-9,16H2,1-2H3. The predicted octanol–water partition coefficient (Wildman–Crippen LogP) is 3.19. The second kappa shape index (κ2) is 5.37. The minimum Gasteiger partial charge on any atom is -0.347 e. The lowest BCUT2D eigenvalue weighted by Gasteiger charge is -2.08. The maximum atomic E-state index is 5.59. The molecule has 0 unspecified atom stereocenters. The molecule has 1 aromatic carbocycles. The first-order valence-electron chi connectivity index (χ1n) is 6.48. The van der Waals surface area contributed by atoms with Gasteiger partial charge >= 0.3 is 0 Å². The number of hydrogen-bond donors (Lipinski definition) is 1. The third kappa shape index (κ3) is 2.89. The molecule has 2 aromatic rings. The molecule has 2 rings (SSSR count). The molecule has 2 nitrogen and oxygen atoms in total. The van der Waals surface area contributed by atoms with Crippen molar-refractivity contribution < 1.29 is 0 Å². The van der Waals surface area contributed by atoms with Crippen LogP contribution in [0.2, 0.25) is 0 Å². The fourth-order valence-corrected chi connectivity index (χ4v) is 2.16. The number of nitrogens with two attached hydrogens (primary N) is 1. The summed E-state index contributed by atoms with van der Waals surface area (Å²) in [6.45, 7) is 6.37. The van der Waals surface area contributed by atoms with Crippen molar-refractivity contribution in [2.45, 2.75) is 33.2 Å². The minimum absolute atomic E-state index is 0.722. The van der Waals surface area contributed by atoms with Gasteiger partial charge in [0, 0.05) is 18.3 Å². The van der Waals surface area contributed by atoms with E-state index in [0.717, 1.165) is 25.4 Å². The van der Waals surface area contributed by atoms with Gasteiger partial charge in [-0.2, -0.15) is 0 Å². The van der Waals surface area contributed by atoms with E-state index in [2.05, 4.69) is 48.9 Å². The van der Waals surface area contributed by atoms with E-state index in [1.165, 1.54) is 22.9 Å². The summed E-state index contributed by atoms with van der Waals surface area (Å²) in [7, 11) is 0. The van der Waals surface area contributed by atoms with Crippen LogP contribution in [0.4, 0.5) is 0 Å². The molecular formula is C15H22N2. The Balaban J connectivity index is 2.22. The Morgan fingerprint density at radius 2 is 2.06 bits per heavy atom. The van der Waals surface area contributed by atoms with Gasteiger partial charge < -0.3 is 10.3 Å². The molecular weight excluding hydrogens is 208 g/mol. The van der Waals surface area contributed by atoms with Crippen LogP contribution in [0.5, 0.6) is 0 Å². The Kier molecular flexibility index (Phi) is 3.85. The molecule has 0 atom stereocenters. The van der Waals surface area contributed by atoms with Gasteiger partial charge in [0.15, 0.2) is 0 Å². The van der Waals surface area contributed by atoms with E-state index in [4.69, 9.17) is 5.73 Å². The predicted molar refractivity (Wildman–Crippen MR) is 74.2 cm³/mol. The zero-order valence-corrected chi connectivity index (χ0v) is 10.8. The van der Waals surface area contributed by atoms with Crippen molar-refractivity contribution in [2.75, 3.05) is 6.54 Å². The Labute approximate surface area is 103 Å². The van der Waals surface area contributed by atoms with Crippen molar-refractivity contribution in [1.82, 2.24) is 4.57 Å². The van der Waals surface area contributed by atoms with E-state index < -0.39 is 0 Å². The first-order valence-corrected chi connectivity index (χ1v) is 6.48. The number of aryl methyl sites for hydroxylation is 1. The van der Waals surface area contributed by atoms with Crippen LogP contribution in [-0.2, 0) is 13.0 Å². The molecule has 2 N–H and O–H groups in total. The summed E-state index contributed by atoms with van der Waals surface area (Å²) in [5.74, 6) is 0.754. The molecule has 0 spiro atoms. The van der Waals surface area contributed by atoms with Gasteiger partial charge in [0.1, 0.15) is 0 Å². The summed E-state index contributed by atoms with van der Waals surface area (Å²) in [4.78, 5) is 0. The Hall–Kier alpha value is -1.28. The number of aromatic nitrogens is 1. The molecule has 17 heavy (non-hydrogen) atoms. The molecule has 0 aliphatic heterocycles. The highest BCUT2D eigenvalue weighted by Gasteiger charge is 2.03. The van der Waals surface area contributed by atoms with E-state index in [9.17, 15) is 0 Å². The molecule has 0 saturated heterocycles. The maximum Gasteiger partial charge on any atom is 0.0480 e. The zero-order valence-electron chi connectivity index (χ0n) is 10.8. The van der Waals surface area contributed by atoms with Gasteiger partial charge in [-0.15, -0.1) is 0 Å². The van der Waals surface area contributed by atoms with Gasteiger partial charge in [0.25, 0.3) is 0 Å². The van der Waals surface area contributed by atoms with Gasteiger partial charge in [-0.3, -0.25) is 0 Å². The van der Waals surface area contributed by atoms with Crippen LogP contribution in [0.1, 0.15) is 25.8 Å². The zero-order chi connectivity index (χ0) is 12.3. The van der Waals surface area contributed by atoms with Gasteiger partial charge in [0.05, 0.1) is 0 Å². The van der Waals surface area contributed by atoms with Crippen LogP contribution in [0.3, 0.4) is 0 Å². The smallest absolute Gasteiger partial charge is 0.0480 e. The highest BCUT2D eigenvalue weighted by molar-refractivity contribution is 5.80. The monoisotopic (exact) mass is 230 g/mol. The number of nitrogens with zero attached hydrogens (tertiary/aromatic N) is 1. The number of benzene rings is 1. The molecule has 2 heteroatoms. The lowest BCUT2D eigenvalue weighted by Crippen LogP contribution is -2.03. The summed E-state index contributed by atoms with van der Waals surface area (Å²) >= 11 is 0. The minimum atomic E-state index is 0.722. The van der Waals surface area contributed by atoms with E-state index in [-0.39, 0.29) is 0 Å². The summed E-state index contributed by atoms with van der Waals surface area (Å²) in [6.07, 6.45) is 4.39. The van der Waals surface area contributed by atoms with E-state index >= 15 is 0 Å². The van der Waals surface area contributed by atoms with Crippen LogP contribution in [0.25, 0.3) is 10.9 Å². The number of fused-ring (bicyclic) bond motifs is 1. The first-order chi connectivity index (χ1) is 8.20. The highest BCUT2D eigenvalue weighted by Crippen LogP contribution is 2.19. The van der Waals surface area contributed by atoms with E-state index in [1.54, 1.807) is 0 Å². The Bertz CT molecular complexity index is 483. The first kappa shape index (κ1) is 12.2. The molecule has 0 fully saturated rings. The molecule has 92 valence electrons. The molecule has 0 aliphatic rings. The fraction of sp³-hybridized carbons (Fsp3) is 0.467. The molecule has 0 saturated carbocycles. The SMILES string of the molecule is CC(C)CCn1ccc2cc(CCN)ccc21. The Morgan fingerprint density at radius 1 is 1.24 bits per heavy atom. The molecule has 0 amide bonds. The average Bonchev–Trinajstić information content (AvgIpc) is 2.69. The molecule has 1 heterocycles. The summed E-state index contributed by atoms with van der Waals surface area (Å²) < 4.78 is 2.35. The fourth-order valence-electron chi connectivity index (χ4n) is 2.16. The molecule has 0 bridgehead atoms. The van der Waals surface area contributed by atoms with Crippen LogP contribution in [0, 0.1) is 5.92 Å². The van der Waals surface area contributed by atoms with Gasteiger partial charge in [0.2, 0.25) is 0 Å². The van der Waals surface area contributed by atoms with Crippen molar-refractivity contribution in [2.24, 2.45) is 11.7 Å². The molecule has 1 aromatic heterocycles. The maximum absolute atomic E-state index is 5.59. The third-order valence-corrected chi connectivity index (χ3v) is 3.22. The number of hydrogen-bond acceptors (Lipinski definition) is 1. The second-order valence-electron chi connectivity index (χ2n) is 5.12. The second-order valence-corrected chi connectivity index (χ2v) is 5.12. The van der Waals surface area contributed by atoms with E-state index in [1.807, 2.05) is 0 Å². The van der Waals surface area contributed by atoms with E-state index in [0.29, 0.717) is 0 Å². The quantitative estimate of drug-likeness (QED) is 0.840. The third-order valence-electron chi connectivity index (χ3n) is 3.22. The van der Waals surface area contributed by atoms with Gasteiger partial charge in [-0.05, 0) is 54.5 Å². The van der Waals surface area contributed by atoms with Crippen molar-refractivity contribution >= 4 is 10.9 Å². The van der Waals surface area contributed by atoms with Crippen LogP contribution in [0.15, 0.2) is 30.5 Å². The normalized spacial score (nSPS) is 11.5. The lowest BCUT2D eigenvalue weighted by atomic mass is 10.1. The van der Waals surface area contributed by atoms with Crippen LogP contribution >= 0.6 is 0 Å². The highest BCUT2D eigenvalue weighted by atomic mass is 14.9. The van der Waals surface area contributed by atoms with Crippen LogP contribution < -0.4 is 5.73 Å². The average molecular weight is 230 g/mol. The van der Waals surface area contributed by atoms with Crippen LogP contribution in [-0.4, -0.2) is 11.1 Å². The van der Waals surface area contributed by atoms with Crippen molar-refractivity contribution in [1.29, 1.82) is 0 Å². The van der Waals surface area contributed by atoms with Gasteiger partial charge in [-0.25, -0.2) is 0 Å². The largest absolute Gasteiger partial charge is 0.347 e. The van der Waals surface area contributed by atoms with Crippen molar-refractivity contribution in [3.05, 3.63) is 36.0 Å². The van der Waals surface area contributed by atoms with Gasteiger partial charge in [-0.1, -0.05) is 19.9 Å². The lowest BCUT2D eigenvalue weighted by molar-refractivity contribution is 0.524.